The molecule has 0 aliphatic rings. The second kappa shape index (κ2) is 3.92. The first kappa shape index (κ1) is 8.75. The minimum Gasteiger partial charge on any atom is -0.330 e. The van der Waals surface area contributed by atoms with Crippen molar-refractivity contribution < 1.29 is 0 Å². The lowest BCUT2D eigenvalue weighted by Crippen LogP contribution is -2.08. The minimum absolute atomic E-state index is 0.562. The van der Waals surface area contributed by atoms with Crippen molar-refractivity contribution in [1.29, 1.82) is 0 Å². The second-order valence-electron chi connectivity index (χ2n) is 2.70. The van der Waals surface area contributed by atoms with Crippen LogP contribution < -0.4 is 5.73 Å². The van der Waals surface area contributed by atoms with Crippen molar-refractivity contribution in [2.45, 2.75) is 13.0 Å². The summed E-state index contributed by atoms with van der Waals surface area (Å²) < 4.78 is 1.65. The Morgan fingerprint density at radius 3 is 3.14 bits per heavy atom. The summed E-state index contributed by atoms with van der Waals surface area (Å²) in [7, 11) is 0. The summed E-state index contributed by atoms with van der Waals surface area (Å²) >= 11 is 0. The molecule has 2 heterocycles. The van der Waals surface area contributed by atoms with Gasteiger partial charge in [0.2, 0.25) is 5.82 Å². The molecule has 14 heavy (non-hydrogen) atoms. The molecule has 0 bridgehead atoms. The van der Waals surface area contributed by atoms with E-state index < -0.39 is 0 Å². The van der Waals surface area contributed by atoms with Crippen molar-refractivity contribution in [3.63, 3.8) is 0 Å². The molecule has 0 saturated heterocycles. The molecule has 8 nitrogen and oxygen atoms in total. The number of hydrogen-bond acceptors (Lipinski definition) is 6. The van der Waals surface area contributed by atoms with Gasteiger partial charge in [-0.15, -0.1) is 5.10 Å². The molecule has 0 fully saturated rings. The van der Waals surface area contributed by atoms with Crippen LogP contribution in [-0.4, -0.2) is 41.9 Å². The van der Waals surface area contributed by atoms with Crippen LogP contribution in [0.5, 0.6) is 0 Å². The number of nitrogens with one attached hydrogen (secondary N) is 1. The highest BCUT2D eigenvalue weighted by Gasteiger charge is 2.10. The highest BCUT2D eigenvalue weighted by molar-refractivity contribution is 5.39. The fraction of sp³-hybridized carbons (Fsp3) is 0.500. The number of aromatic amines is 1. The van der Waals surface area contributed by atoms with Gasteiger partial charge in [0.1, 0.15) is 6.33 Å². The molecule has 0 aromatic carbocycles. The molecule has 2 aromatic heterocycles. The van der Waals surface area contributed by atoms with Gasteiger partial charge in [-0.05, 0) is 23.4 Å². The van der Waals surface area contributed by atoms with Crippen LogP contribution in [0.2, 0.25) is 0 Å². The molecule has 2 rings (SSSR count). The van der Waals surface area contributed by atoms with Gasteiger partial charge >= 0.3 is 0 Å². The third-order valence-corrected chi connectivity index (χ3v) is 1.73. The van der Waals surface area contributed by atoms with E-state index in [2.05, 4.69) is 30.7 Å². The van der Waals surface area contributed by atoms with Gasteiger partial charge in [-0.3, -0.25) is 5.10 Å². The average Bonchev–Trinajstić information content (AvgIpc) is 2.84. The predicted molar refractivity (Wildman–Crippen MR) is 46.9 cm³/mol. The van der Waals surface area contributed by atoms with Crippen LogP contribution in [-0.2, 0) is 6.54 Å². The van der Waals surface area contributed by atoms with E-state index in [-0.39, 0.29) is 0 Å². The summed E-state index contributed by atoms with van der Waals surface area (Å²) in [5.74, 6) is 1.14. The summed E-state index contributed by atoms with van der Waals surface area (Å²) in [6.45, 7) is 1.29. The number of nitrogens with two attached hydrogens (primary N) is 1. The van der Waals surface area contributed by atoms with Crippen LogP contribution in [0.4, 0.5) is 0 Å². The van der Waals surface area contributed by atoms with E-state index in [0.29, 0.717) is 24.7 Å². The lowest BCUT2D eigenvalue weighted by molar-refractivity contribution is 0.567. The first-order valence-electron chi connectivity index (χ1n) is 4.24. The van der Waals surface area contributed by atoms with Gasteiger partial charge in [0.15, 0.2) is 5.82 Å². The Labute approximate surface area is 79.5 Å². The van der Waals surface area contributed by atoms with E-state index in [0.717, 1.165) is 6.42 Å². The molecule has 0 saturated carbocycles. The van der Waals surface area contributed by atoms with Crippen molar-refractivity contribution in [3.05, 3.63) is 6.33 Å². The van der Waals surface area contributed by atoms with E-state index in [9.17, 15) is 0 Å². The Kier molecular flexibility index (Phi) is 2.45. The van der Waals surface area contributed by atoms with Crippen molar-refractivity contribution >= 4 is 0 Å². The first-order valence-corrected chi connectivity index (χ1v) is 4.24. The third kappa shape index (κ3) is 1.59. The molecule has 3 N–H and O–H groups in total. The molecular formula is C6H10N8. The molecule has 74 valence electrons. The molecule has 0 atom stereocenters. The number of H-pyrrole nitrogens is 1. The molecule has 0 unspecified atom stereocenters. The summed E-state index contributed by atoms with van der Waals surface area (Å²) in [5.41, 5.74) is 5.40. The van der Waals surface area contributed by atoms with E-state index in [4.69, 9.17) is 5.73 Å². The van der Waals surface area contributed by atoms with Gasteiger partial charge in [0.05, 0.1) is 0 Å². The zero-order valence-corrected chi connectivity index (χ0v) is 7.46. The Morgan fingerprint density at radius 1 is 1.50 bits per heavy atom. The van der Waals surface area contributed by atoms with Gasteiger partial charge in [-0.2, -0.15) is 5.10 Å². The van der Waals surface area contributed by atoms with Crippen LogP contribution in [0.25, 0.3) is 11.6 Å². The zero-order chi connectivity index (χ0) is 9.80. The number of rotatable bonds is 4. The van der Waals surface area contributed by atoms with E-state index in [1.165, 1.54) is 6.33 Å². The molecule has 0 radical (unpaired) electrons. The maximum absolute atomic E-state index is 5.40. The van der Waals surface area contributed by atoms with Crippen molar-refractivity contribution in [3.8, 4) is 11.6 Å². The minimum atomic E-state index is 0.562. The van der Waals surface area contributed by atoms with Crippen LogP contribution in [0.1, 0.15) is 6.42 Å². The van der Waals surface area contributed by atoms with E-state index >= 15 is 0 Å². The Morgan fingerprint density at radius 2 is 2.43 bits per heavy atom. The van der Waals surface area contributed by atoms with Gasteiger partial charge in [0.25, 0.3) is 0 Å². The van der Waals surface area contributed by atoms with Gasteiger partial charge < -0.3 is 5.73 Å². The lowest BCUT2D eigenvalue weighted by atomic mass is 10.4. The smallest absolute Gasteiger partial charge is 0.219 e. The van der Waals surface area contributed by atoms with Crippen LogP contribution in [0, 0.1) is 0 Å². The first-order chi connectivity index (χ1) is 6.92. The molecule has 2 aromatic rings. The molecule has 0 amide bonds. The fourth-order valence-electron chi connectivity index (χ4n) is 1.08. The maximum Gasteiger partial charge on any atom is 0.219 e. The highest BCUT2D eigenvalue weighted by atomic mass is 15.5. The SMILES string of the molecule is NCCCn1nnnc1-c1ncn[nH]1. The summed E-state index contributed by atoms with van der Waals surface area (Å²) in [5, 5.41) is 17.7. The largest absolute Gasteiger partial charge is 0.330 e. The third-order valence-electron chi connectivity index (χ3n) is 1.73. The molecular weight excluding hydrogens is 184 g/mol. The quantitative estimate of drug-likeness (QED) is 0.632. The van der Waals surface area contributed by atoms with E-state index in [1.54, 1.807) is 4.68 Å². The summed E-state index contributed by atoms with van der Waals surface area (Å²) in [4.78, 5) is 3.97. The van der Waals surface area contributed by atoms with Crippen molar-refractivity contribution in [2.75, 3.05) is 6.54 Å². The Balaban J connectivity index is 2.22. The van der Waals surface area contributed by atoms with Gasteiger partial charge in [-0.1, -0.05) is 0 Å². The van der Waals surface area contributed by atoms with Crippen LogP contribution >= 0.6 is 0 Å². The number of aryl methyl sites for hydroxylation is 1. The Bertz CT molecular complexity index is 376. The second-order valence-corrected chi connectivity index (χ2v) is 2.70. The van der Waals surface area contributed by atoms with Gasteiger partial charge in [-0.25, -0.2) is 9.67 Å². The maximum atomic E-state index is 5.40. The van der Waals surface area contributed by atoms with Crippen molar-refractivity contribution in [2.24, 2.45) is 5.73 Å². The lowest BCUT2D eigenvalue weighted by Gasteiger charge is -1.99. The number of nitrogens with zero attached hydrogens (tertiary/aromatic N) is 6. The fourth-order valence-corrected chi connectivity index (χ4v) is 1.08. The zero-order valence-electron chi connectivity index (χ0n) is 7.46. The molecule has 0 aliphatic carbocycles. The summed E-state index contributed by atoms with van der Waals surface area (Å²) in [6.07, 6.45) is 2.24. The predicted octanol–water partition coefficient (Wildman–Crippen LogP) is -1.19. The van der Waals surface area contributed by atoms with Crippen LogP contribution in [0.3, 0.4) is 0 Å². The monoisotopic (exact) mass is 194 g/mol. The summed E-state index contributed by atoms with van der Waals surface area (Å²) in [6, 6.07) is 0. The molecule has 0 spiro atoms. The Hall–Kier alpha value is -1.83. The molecule has 0 aliphatic heterocycles. The topological polar surface area (TPSA) is 111 Å². The van der Waals surface area contributed by atoms with Crippen molar-refractivity contribution in [1.82, 2.24) is 35.4 Å². The van der Waals surface area contributed by atoms with Crippen LogP contribution in [0.15, 0.2) is 6.33 Å². The normalized spacial score (nSPS) is 10.6. The number of tetrazole rings is 1. The van der Waals surface area contributed by atoms with Gasteiger partial charge in [0, 0.05) is 6.54 Å². The highest BCUT2D eigenvalue weighted by Crippen LogP contribution is 2.07. The molecule has 8 heteroatoms. The number of hydrogen-bond donors (Lipinski definition) is 2. The van der Waals surface area contributed by atoms with E-state index in [1.807, 2.05) is 0 Å². The standard InChI is InChI=1S/C6H10N8/c7-2-1-3-14-6(11-12-13-14)5-8-4-9-10-5/h4H,1-3,7H2,(H,8,9,10). The average molecular weight is 194 g/mol. The number of aromatic nitrogens is 7.